The quantitative estimate of drug-likeness (QED) is 0.890. The van der Waals surface area contributed by atoms with E-state index in [1.807, 2.05) is 30.3 Å². The van der Waals surface area contributed by atoms with Crippen molar-refractivity contribution in [1.29, 1.82) is 0 Å². The van der Waals surface area contributed by atoms with E-state index in [4.69, 9.17) is 5.11 Å². The van der Waals surface area contributed by atoms with Crippen LogP contribution in [0.1, 0.15) is 15.9 Å². The summed E-state index contributed by atoms with van der Waals surface area (Å²) in [5, 5.41) is 12.3. The van der Waals surface area contributed by atoms with Gasteiger partial charge in [-0.25, -0.2) is 4.79 Å². The van der Waals surface area contributed by atoms with Crippen LogP contribution in [0.15, 0.2) is 59.6 Å². The number of aliphatic imine (C=N–C) groups is 1. The minimum Gasteiger partial charge on any atom is -0.478 e. The Morgan fingerprint density at radius 3 is 2.57 bits per heavy atom. The number of carbonyl (C=O) groups is 1. The molecule has 0 saturated carbocycles. The predicted octanol–water partition coefficient (Wildman–Crippen LogP) is 2.39. The molecule has 0 saturated heterocycles. The predicted molar refractivity (Wildman–Crippen MR) is 91.2 cm³/mol. The minimum absolute atomic E-state index is 0.295. The van der Waals surface area contributed by atoms with Gasteiger partial charge in [0.2, 0.25) is 0 Å². The number of carboxylic acids is 1. The monoisotopic (exact) mass is 309 g/mol. The lowest BCUT2D eigenvalue weighted by Crippen LogP contribution is -2.39. The van der Waals surface area contributed by atoms with Crippen LogP contribution in [-0.2, 0) is 6.42 Å². The summed E-state index contributed by atoms with van der Waals surface area (Å²) in [6.45, 7) is 2.36. The van der Waals surface area contributed by atoms with Gasteiger partial charge in [-0.05, 0) is 36.2 Å². The van der Waals surface area contributed by atoms with Crippen LogP contribution in [0.2, 0.25) is 0 Å². The summed E-state index contributed by atoms with van der Waals surface area (Å²) >= 11 is 0. The Kier molecular flexibility index (Phi) is 4.57. The number of guanidine groups is 1. The van der Waals surface area contributed by atoms with Crippen molar-refractivity contribution >= 4 is 17.6 Å². The van der Waals surface area contributed by atoms with E-state index in [1.54, 1.807) is 12.1 Å². The van der Waals surface area contributed by atoms with Crippen molar-refractivity contribution in [2.45, 2.75) is 6.42 Å². The molecule has 1 aliphatic rings. The maximum Gasteiger partial charge on any atom is 0.335 e. The van der Waals surface area contributed by atoms with Crippen LogP contribution in [0.5, 0.6) is 0 Å². The topological polar surface area (TPSA) is 64.9 Å². The van der Waals surface area contributed by atoms with Crippen molar-refractivity contribution < 1.29 is 9.90 Å². The second kappa shape index (κ2) is 6.96. The van der Waals surface area contributed by atoms with Gasteiger partial charge in [0.15, 0.2) is 5.96 Å². The lowest BCUT2D eigenvalue weighted by atomic mass is 10.1. The van der Waals surface area contributed by atoms with Crippen LogP contribution in [0, 0.1) is 0 Å². The molecule has 0 radical (unpaired) electrons. The van der Waals surface area contributed by atoms with Gasteiger partial charge >= 0.3 is 5.97 Å². The van der Waals surface area contributed by atoms with Crippen LogP contribution in [-0.4, -0.2) is 36.7 Å². The summed E-state index contributed by atoms with van der Waals surface area (Å²) < 4.78 is 0. The molecule has 1 heterocycles. The Hall–Kier alpha value is -2.82. The zero-order valence-electron chi connectivity index (χ0n) is 12.8. The fraction of sp³-hybridized carbons (Fsp3) is 0.222. The maximum absolute atomic E-state index is 10.9. The summed E-state index contributed by atoms with van der Waals surface area (Å²) in [5.41, 5.74) is 2.54. The van der Waals surface area contributed by atoms with E-state index in [0.717, 1.165) is 37.7 Å². The molecule has 0 spiro atoms. The summed E-state index contributed by atoms with van der Waals surface area (Å²) in [7, 11) is 0. The van der Waals surface area contributed by atoms with Crippen molar-refractivity contribution in [1.82, 2.24) is 5.32 Å². The third-order valence-corrected chi connectivity index (χ3v) is 3.81. The van der Waals surface area contributed by atoms with Crippen molar-refractivity contribution in [3.05, 3.63) is 65.7 Å². The van der Waals surface area contributed by atoms with Gasteiger partial charge in [-0.3, -0.25) is 4.99 Å². The maximum atomic E-state index is 10.9. The average Bonchev–Trinajstić information content (AvgIpc) is 3.04. The van der Waals surface area contributed by atoms with Gasteiger partial charge in [0.1, 0.15) is 0 Å². The highest BCUT2D eigenvalue weighted by Gasteiger charge is 2.18. The molecule has 0 amide bonds. The van der Waals surface area contributed by atoms with Crippen LogP contribution in [0.4, 0.5) is 5.69 Å². The molecule has 0 fully saturated rings. The lowest BCUT2D eigenvalue weighted by molar-refractivity contribution is 0.0697. The van der Waals surface area contributed by atoms with E-state index >= 15 is 0 Å². The highest BCUT2D eigenvalue weighted by Crippen LogP contribution is 2.18. The van der Waals surface area contributed by atoms with Crippen molar-refractivity contribution in [2.24, 2.45) is 4.99 Å². The van der Waals surface area contributed by atoms with E-state index < -0.39 is 5.97 Å². The molecule has 1 aliphatic heterocycles. The number of hydrogen-bond acceptors (Lipinski definition) is 4. The third kappa shape index (κ3) is 3.69. The fourth-order valence-corrected chi connectivity index (χ4v) is 2.60. The molecule has 2 aromatic carbocycles. The highest BCUT2D eigenvalue weighted by molar-refractivity contribution is 5.98. The minimum atomic E-state index is -0.909. The van der Waals surface area contributed by atoms with Gasteiger partial charge in [0, 0.05) is 18.8 Å². The molecule has 118 valence electrons. The largest absolute Gasteiger partial charge is 0.478 e. The lowest BCUT2D eigenvalue weighted by Gasteiger charge is -2.21. The van der Waals surface area contributed by atoms with E-state index in [2.05, 4.69) is 27.3 Å². The smallest absolute Gasteiger partial charge is 0.335 e. The molecule has 0 aromatic heterocycles. The van der Waals surface area contributed by atoms with Gasteiger partial charge in [-0.15, -0.1) is 0 Å². The molecule has 2 aromatic rings. The number of nitrogens with zero attached hydrogens (tertiary/aromatic N) is 2. The zero-order valence-corrected chi connectivity index (χ0v) is 12.8. The molecule has 0 unspecified atom stereocenters. The fourth-order valence-electron chi connectivity index (χ4n) is 2.60. The van der Waals surface area contributed by atoms with E-state index in [-0.39, 0.29) is 0 Å². The van der Waals surface area contributed by atoms with E-state index in [0.29, 0.717) is 5.56 Å². The Morgan fingerprint density at radius 2 is 1.87 bits per heavy atom. The summed E-state index contributed by atoms with van der Waals surface area (Å²) in [6, 6.07) is 17.2. The normalized spacial score (nSPS) is 13.7. The van der Waals surface area contributed by atoms with Gasteiger partial charge in [-0.2, -0.15) is 0 Å². The van der Waals surface area contributed by atoms with E-state index in [9.17, 15) is 4.79 Å². The Labute approximate surface area is 135 Å². The molecule has 2 N–H and O–H groups in total. The number of rotatable bonds is 5. The summed E-state index contributed by atoms with van der Waals surface area (Å²) in [6.07, 6.45) is 0.936. The first-order chi connectivity index (χ1) is 11.2. The first-order valence-corrected chi connectivity index (χ1v) is 7.67. The first-order valence-electron chi connectivity index (χ1n) is 7.67. The van der Waals surface area contributed by atoms with E-state index in [1.165, 1.54) is 5.56 Å². The van der Waals surface area contributed by atoms with Crippen LogP contribution >= 0.6 is 0 Å². The van der Waals surface area contributed by atoms with Crippen LogP contribution in [0.3, 0.4) is 0 Å². The molecule has 3 rings (SSSR count). The number of anilines is 1. The number of carboxylic acid groups (broad SMARTS) is 1. The van der Waals surface area contributed by atoms with Gasteiger partial charge in [0.05, 0.1) is 12.1 Å². The van der Waals surface area contributed by atoms with Gasteiger partial charge in [-0.1, -0.05) is 30.3 Å². The third-order valence-electron chi connectivity index (χ3n) is 3.81. The molecule has 0 atom stereocenters. The first kappa shape index (κ1) is 15.1. The summed E-state index contributed by atoms with van der Waals surface area (Å²) in [5.74, 6) is -0.0585. The second-order valence-electron chi connectivity index (χ2n) is 5.37. The van der Waals surface area contributed by atoms with Gasteiger partial charge in [0.25, 0.3) is 0 Å². The molecule has 5 heteroatoms. The Balaban J connectivity index is 1.60. The molecule has 5 nitrogen and oxygen atoms in total. The number of aromatic carboxylic acids is 1. The van der Waals surface area contributed by atoms with Crippen molar-refractivity contribution in [3.63, 3.8) is 0 Å². The molecule has 23 heavy (non-hydrogen) atoms. The highest BCUT2D eigenvalue weighted by atomic mass is 16.4. The number of hydrogen-bond donors (Lipinski definition) is 2. The van der Waals surface area contributed by atoms with Gasteiger partial charge < -0.3 is 15.3 Å². The molecular formula is C18H19N3O2. The van der Waals surface area contributed by atoms with Crippen molar-refractivity contribution in [2.75, 3.05) is 24.5 Å². The molecule has 0 bridgehead atoms. The summed E-state index contributed by atoms with van der Waals surface area (Å²) in [4.78, 5) is 17.5. The Bertz CT molecular complexity index is 696. The zero-order chi connectivity index (χ0) is 16.1. The number of nitrogens with one attached hydrogen (secondary N) is 1. The average molecular weight is 309 g/mol. The standard InChI is InChI=1S/C18H19N3O2/c22-17(23)15-6-8-16(9-7-15)21-13-12-20-18(21)19-11-10-14-4-2-1-3-5-14/h1-9H,10-13H2,(H,19,20)(H,22,23). The number of benzene rings is 2. The SMILES string of the molecule is O=C(O)c1ccc(N2CCN=C2NCCc2ccccc2)cc1. The van der Waals surface area contributed by atoms with Crippen molar-refractivity contribution in [3.8, 4) is 0 Å². The molecular weight excluding hydrogens is 290 g/mol. The Morgan fingerprint density at radius 1 is 1.13 bits per heavy atom. The second-order valence-corrected chi connectivity index (χ2v) is 5.37. The van der Waals surface area contributed by atoms with Crippen LogP contribution < -0.4 is 10.2 Å². The molecule has 0 aliphatic carbocycles. The van der Waals surface area contributed by atoms with Crippen LogP contribution in [0.25, 0.3) is 0 Å².